The van der Waals surface area contributed by atoms with Gasteiger partial charge in [-0.2, -0.15) is 0 Å². The summed E-state index contributed by atoms with van der Waals surface area (Å²) in [5, 5.41) is 54.5. The number of hydrogen-bond acceptors (Lipinski definition) is 8. The Morgan fingerprint density at radius 2 is 0.833 bits per heavy atom. The largest absolute Gasteiger partial charge is 0.394 e. The first-order chi connectivity index (χ1) is 29.3. The third-order valence-electron chi connectivity index (χ3n) is 13.0. The average molecular weight is 856 g/mol. The lowest BCUT2D eigenvalue weighted by Gasteiger charge is -2.40. The van der Waals surface area contributed by atoms with E-state index in [0.29, 0.717) is 12.8 Å². The first-order valence-electron chi connectivity index (χ1n) is 26.2. The van der Waals surface area contributed by atoms with Crippen molar-refractivity contribution < 1.29 is 39.8 Å². The number of aliphatic hydroxyl groups excluding tert-OH is 5. The summed E-state index contributed by atoms with van der Waals surface area (Å²) in [5.74, 6) is -0.138. The highest BCUT2D eigenvalue weighted by atomic mass is 16.7. The van der Waals surface area contributed by atoms with Gasteiger partial charge in [0.05, 0.1) is 25.4 Å². The zero-order valence-electron chi connectivity index (χ0n) is 39.5. The second-order valence-electron chi connectivity index (χ2n) is 18.7. The molecule has 9 heteroatoms. The lowest BCUT2D eigenvalue weighted by molar-refractivity contribution is -0.302. The number of carbonyl (C=O) groups is 1. The standard InChI is InChI=1S/C51H101NO8/c1-3-5-7-9-11-13-15-17-19-20-21-22-23-24-25-26-27-29-31-33-35-37-39-41-47(55)52-44(43-59-51-50(58)49(57)48(56)46(42-53)60-51)45(54)40-38-36-34-32-30-28-18-16-14-12-10-8-6-4-2/h44-46,48-51,53-54,56-58H,3-43H2,1-2H3,(H,52,55)/t44-,45+,46+,48-,49?,50?,51+/m0/s1. The van der Waals surface area contributed by atoms with Crippen LogP contribution >= 0.6 is 0 Å². The molecule has 358 valence electrons. The van der Waals surface area contributed by atoms with E-state index in [9.17, 15) is 30.3 Å². The zero-order chi connectivity index (χ0) is 43.7. The maximum atomic E-state index is 13.0. The molecular formula is C51H101NO8. The summed E-state index contributed by atoms with van der Waals surface area (Å²) >= 11 is 0. The lowest BCUT2D eigenvalue weighted by Crippen LogP contribution is -2.60. The summed E-state index contributed by atoms with van der Waals surface area (Å²) in [6, 6.07) is -0.712. The second kappa shape index (κ2) is 42.2. The van der Waals surface area contributed by atoms with E-state index in [1.54, 1.807) is 0 Å². The van der Waals surface area contributed by atoms with E-state index in [4.69, 9.17) is 9.47 Å². The van der Waals surface area contributed by atoms with Gasteiger partial charge >= 0.3 is 0 Å². The van der Waals surface area contributed by atoms with Crippen LogP contribution in [-0.2, 0) is 14.3 Å². The maximum absolute atomic E-state index is 13.0. The predicted octanol–water partition coefficient (Wildman–Crippen LogP) is 11.9. The first kappa shape index (κ1) is 57.2. The van der Waals surface area contributed by atoms with Crippen molar-refractivity contribution >= 4 is 5.91 Å². The fourth-order valence-electron chi connectivity index (χ4n) is 8.75. The quantitative estimate of drug-likeness (QED) is 0.0332. The molecule has 7 atom stereocenters. The molecule has 0 aromatic carbocycles. The van der Waals surface area contributed by atoms with Gasteiger partial charge in [0.15, 0.2) is 6.29 Å². The third-order valence-corrected chi connectivity index (χ3v) is 13.0. The minimum atomic E-state index is -1.55. The minimum Gasteiger partial charge on any atom is -0.394 e. The van der Waals surface area contributed by atoms with E-state index >= 15 is 0 Å². The van der Waals surface area contributed by atoms with E-state index in [0.717, 1.165) is 38.5 Å². The van der Waals surface area contributed by atoms with Crippen LogP contribution in [0.4, 0.5) is 0 Å². The van der Waals surface area contributed by atoms with Gasteiger partial charge in [-0.05, 0) is 12.8 Å². The van der Waals surface area contributed by atoms with E-state index in [1.165, 1.54) is 199 Å². The number of carbonyl (C=O) groups excluding carboxylic acids is 1. The van der Waals surface area contributed by atoms with Crippen LogP contribution in [0, 0.1) is 0 Å². The molecule has 0 bridgehead atoms. The summed E-state index contributed by atoms with van der Waals surface area (Å²) < 4.78 is 11.3. The van der Waals surface area contributed by atoms with E-state index < -0.39 is 49.5 Å². The summed E-state index contributed by atoms with van der Waals surface area (Å²) in [6.07, 6.45) is 41.2. The summed E-state index contributed by atoms with van der Waals surface area (Å²) in [7, 11) is 0. The molecule has 1 amide bonds. The van der Waals surface area contributed by atoms with Crippen LogP contribution < -0.4 is 5.32 Å². The molecule has 0 radical (unpaired) electrons. The molecule has 0 saturated carbocycles. The van der Waals surface area contributed by atoms with E-state index in [-0.39, 0.29) is 12.5 Å². The van der Waals surface area contributed by atoms with E-state index in [2.05, 4.69) is 19.2 Å². The molecule has 9 nitrogen and oxygen atoms in total. The highest BCUT2D eigenvalue weighted by Gasteiger charge is 2.44. The molecule has 2 unspecified atom stereocenters. The Hall–Kier alpha value is -0.810. The van der Waals surface area contributed by atoms with Crippen molar-refractivity contribution in [3.8, 4) is 0 Å². The molecule has 0 aromatic rings. The van der Waals surface area contributed by atoms with Crippen molar-refractivity contribution in [3.05, 3.63) is 0 Å². The molecule has 6 N–H and O–H groups in total. The normalized spacial score (nSPS) is 20.4. The zero-order valence-corrected chi connectivity index (χ0v) is 39.5. The van der Waals surface area contributed by atoms with Gasteiger partial charge in [0.2, 0.25) is 5.91 Å². The van der Waals surface area contributed by atoms with Gasteiger partial charge in [0.25, 0.3) is 0 Å². The van der Waals surface area contributed by atoms with E-state index in [1.807, 2.05) is 0 Å². The smallest absolute Gasteiger partial charge is 0.220 e. The van der Waals surface area contributed by atoms with Crippen molar-refractivity contribution in [1.82, 2.24) is 5.32 Å². The van der Waals surface area contributed by atoms with Crippen molar-refractivity contribution in [2.24, 2.45) is 0 Å². The average Bonchev–Trinajstić information content (AvgIpc) is 3.25. The van der Waals surface area contributed by atoms with Crippen LogP contribution in [0.5, 0.6) is 0 Å². The lowest BCUT2D eigenvalue weighted by atomic mass is 9.99. The Morgan fingerprint density at radius 3 is 1.18 bits per heavy atom. The summed E-state index contributed by atoms with van der Waals surface area (Å²) in [6.45, 7) is 3.87. The van der Waals surface area contributed by atoms with Crippen LogP contribution in [-0.4, -0.2) is 87.5 Å². The monoisotopic (exact) mass is 856 g/mol. The van der Waals surface area contributed by atoms with Crippen LogP contribution in [0.2, 0.25) is 0 Å². The molecule has 1 fully saturated rings. The summed E-state index contributed by atoms with van der Waals surface area (Å²) in [4.78, 5) is 13.0. The summed E-state index contributed by atoms with van der Waals surface area (Å²) in [5.41, 5.74) is 0. The molecule has 0 aromatic heterocycles. The van der Waals surface area contributed by atoms with Crippen molar-refractivity contribution in [3.63, 3.8) is 0 Å². The Morgan fingerprint density at radius 1 is 0.500 bits per heavy atom. The predicted molar refractivity (Wildman–Crippen MR) is 249 cm³/mol. The molecule has 1 saturated heterocycles. The number of amides is 1. The number of unbranched alkanes of at least 4 members (excludes halogenated alkanes) is 35. The first-order valence-corrected chi connectivity index (χ1v) is 26.2. The topological polar surface area (TPSA) is 149 Å². The molecular weight excluding hydrogens is 755 g/mol. The molecule has 60 heavy (non-hydrogen) atoms. The Bertz CT molecular complexity index is 908. The minimum absolute atomic E-state index is 0.131. The third kappa shape index (κ3) is 31.9. The van der Waals surface area contributed by atoms with Gasteiger partial charge in [-0.15, -0.1) is 0 Å². The van der Waals surface area contributed by atoms with Gasteiger partial charge in [-0.25, -0.2) is 0 Å². The van der Waals surface area contributed by atoms with Gasteiger partial charge in [-0.1, -0.05) is 245 Å². The molecule has 1 heterocycles. The van der Waals surface area contributed by atoms with Crippen molar-refractivity contribution in [1.29, 1.82) is 0 Å². The van der Waals surface area contributed by atoms with Crippen LogP contribution in [0.3, 0.4) is 0 Å². The Balaban J connectivity index is 2.21. The maximum Gasteiger partial charge on any atom is 0.220 e. The number of aliphatic hydroxyl groups is 5. The van der Waals surface area contributed by atoms with Gasteiger partial charge in [0, 0.05) is 6.42 Å². The van der Waals surface area contributed by atoms with Crippen molar-refractivity contribution in [2.45, 2.75) is 307 Å². The van der Waals surface area contributed by atoms with Gasteiger partial charge < -0.3 is 40.3 Å². The second-order valence-corrected chi connectivity index (χ2v) is 18.7. The molecule has 1 aliphatic heterocycles. The molecule has 0 aliphatic carbocycles. The van der Waals surface area contributed by atoms with Crippen LogP contribution in [0.25, 0.3) is 0 Å². The highest BCUT2D eigenvalue weighted by molar-refractivity contribution is 5.76. The SMILES string of the molecule is CCCCCCCCCCCCCCCCCCCCCCCCCC(=O)N[C@@H](CO[C@@H]1O[C@H](CO)[C@H](O)C(O)C1O)[C@H](O)CCCCCCCCCCCCCCCC. The van der Waals surface area contributed by atoms with Crippen LogP contribution in [0.1, 0.15) is 264 Å². The Labute approximate surface area is 370 Å². The number of rotatable bonds is 45. The van der Waals surface area contributed by atoms with Crippen molar-refractivity contribution in [2.75, 3.05) is 13.2 Å². The highest BCUT2D eigenvalue weighted by Crippen LogP contribution is 2.23. The van der Waals surface area contributed by atoms with Gasteiger partial charge in [-0.3, -0.25) is 4.79 Å². The molecule has 1 aliphatic rings. The number of hydrogen-bond donors (Lipinski definition) is 6. The number of ether oxygens (including phenoxy) is 2. The molecule has 1 rings (SSSR count). The Kier molecular flexibility index (Phi) is 40.2. The number of nitrogens with one attached hydrogen (secondary N) is 1. The fraction of sp³-hybridized carbons (Fsp3) is 0.980. The fourth-order valence-corrected chi connectivity index (χ4v) is 8.75. The molecule has 0 spiro atoms. The van der Waals surface area contributed by atoms with Crippen LogP contribution in [0.15, 0.2) is 0 Å². The van der Waals surface area contributed by atoms with Gasteiger partial charge in [0.1, 0.15) is 24.4 Å².